The van der Waals surface area contributed by atoms with E-state index in [9.17, 15) is 9.59 Å². The lowest BCUT2D eigenvalue weighted by Crippen LogP contribution is -2.44. The van der Waals surface area contributed by atoms with E-state index in [1.54, 1.807) is 4.90 Å². The highest BCUT2D eigenvalue weighted by atomic mass is 16.5. The fraction of sp³-hybridized carbons (Fsp3) is 0.556. The van der Waals surface area contributed by atoms with Crippen LogP contribution in [0.2, 0.25) is 0 Å². The minimum absolute atomic E-state index is 0.0133. The molecule has 0 bridgehead atoms. The fourth-order valence-corrected chi connectivity index (χ4v) is 2.73. The molecule has 2 rings (SSSR count). The second-order valence-corrected chi connectivity index (χ2v) is 6.00. The van der Waals surface area contributed by atoms with Crippen LogP contribution in [0.5, 0.6) is 5.75 Å². The number of ether oxygens (including phenoxy) is 1. The number of piperidine rings is 1. The number of benzene rings is 1. The van der Waals surface area contributed by atoms with E-state index in [1.807, 2.05) is 38.1 Å². The molecule has 1 aromatic rings. The lowest BCUT2D eigenvalue weighted by molar-refractivity contribution is -0.137. The fourth-order valence-electron chi connectivity index (χ4n) is 2.73. The molecule has 0 unspecified atom stereocenters. The Hall–Kier alpha value is -2.04. The summed E-state index contributed by atoms with van der Waals surface area (Å²) in [4.78, 5) is 26.0. The van der Waals surface area contributed by atoms with E-state index in [2.05, 4.69) is 5.32 Å². The first-order chi connectivity index (χ1) is 11.1. The summed E-state index contributed by atoms with van der Waals surface area (Å²) in [5, 5.41) is 2.93. The van der Waals surface area contributed by atoms with Crippen molar-refractivity contribution in [2.24, 2.45) is 5.92 Å². The topological polar surface area (TPSA) is 58.6 Å². The maximum absolute atomic E-state index is 12.2. The van der Waals surface area contributed by atoms with Crippen LogP contribution in [0.3, 0.4) is 0 Å². The van der Waals surface area contributed by atoms with Gasteiger partial charge in [-0.3, -0.25) is 9.59 Å². The number of carbonyl (C=O) groups is 2. The van der Waals surface area contributed by atoms with Crippen LogP contribution in [0.1, 0.15) is 31.7 Å². The molecule has 0 aromatic heterocycles. The summed E-state index contributed by atoms with van der Waals surface area (Å²) in [6.07, 6.45) is 2.40. The zero-order valence-electron chi connectivity index (χ0n) is 14.0. The summed E-state index contributed by atoms with van der Waals surface area (Å²) in [6.45, 7) is 6.02. The van der Waals surface area contributed by atoms with E-state index in [-0.39, 0.29) is 24.3 Å². The second-order valence-electron chi connectivity index (χ2n) is 6.00. The van der Waals surface area contributed by atoms with E-state index >= 15 is 0 Å². The molecule has 0 atom stereocenters. The third-order valence-corrected chi connectivity index (χ3v) is 4.21. The molecule has 126 valence electrons. The van der Waals surface area contributed by atoms with Crippen molar-refractivity contribution in [2.45, 2.75) is 33.1 Å². The number of carbonyl (C=O) groups excluding carboxylic acids is 2. The molecule has 0 aliphatic carbocycles. The number of amides is 2. The van der Waals surface area contributed by atoms with Crippen LogP contribution in [0.15, 0.2) is 24.3 Å². The average Bonchev–Trinajstić information content (AvgIpc) is 2.59. The van der Waals surface area contributed by atoms with Gasteiger partial charge in [0.15, 0.2) is 6.61 Å². The van der Waals surface area contributed by atoms with Gasteiger partial charge in [-0.2, -0.15) is 0 Å². The van der Waals surface area contributed by atoms with Gasteiger partial charge >= 0.3 is 0 Å². The van der Waals surface area contributed by atoms with E-state index < -0.39 is 0 Å². The first-order valence-electron chi connectivity index (χ1n) is 8.35. The summed E-state index contributed by atoms with van der Waals surface area (Å²) >= 11 is 0. The molecule has 1 aliphatic heterocycles. The number of para-hydroxylation sites is 1. The Balaban J connectivity index is 1.75. The molecule has 23 heavy (non-hydrogen) atoms. The van der Waals surface area contributed by atoms with Gasteiger partial charge in [-0.05, 0) is 37.8 Å². The smallest absolute Gasteiger partial charge is 0.260 e. The van der Waals surface area contributed by atoms with Crippen molar-refractivity contribution < 1.29 is 14.3 Å². The third-order valence-electron chi connectivity index (χ3n) is 4.21. The van der Waals surface area contributed by atoms with Gasteiger partial charge in [0, 0.05) is 25.6 Å². The van der Waals surface area contributed by atoms with Crippen molar-refractivity contribution >= 4 is 11.8 Å². The van der Waals surface area contributed by atoms with Gasteiger partial charge in [0.05, 0.1) is 0 Å². The van der Waals surface area contributed by atoms with Crippen molar-refractivity contribution in [3.8, 4) is 5.75 Å². The standard InChI is InChI=1S/C18H26N2O3/c1-3-10-19-18(22)15-8-11-20(12-9-15)17(21)13-23-16-7-5-4-6-14(16)2/h4-7,15H,3,8-13H2,1-2H3,(H,19,22). The van der Waals surface area contributed by atoms with E-state index in [4.69, 9.17) is 4.74 Å². The summed E-state index contributed by atoms with van der Waals surface area (Å²) in [6, 6.07) is 7.67. The molecule has 1 aliphatic rings. The minimum atomic E-state index is -0.0133. The molecule has 0 spiro atoms. The molecule has 1 heterocycles. The summed E-state index contributed by atoms with van der Waals surface area (Å²) in [5.41, 5.74) is 1.02. The monoisotopic (exact) mass is 318 g/mol. The Morgan fingerprint density at radius 1 is 1.26 bits per heavy atom. The SMILES string of the molecule is CCCNC(=O)C1CCN(C(=O)COc2ccccc2C)CC1. The Morgan fingerprint density at radius 2 is 1.96 bits per heavy atom. The van der Waals surface area contributed by atoms with Crippen LogP contribution in [-0.4, -0.2) is 43.0 Å². The van der Waals surface area contributed by atoms with Gasteiger partial charge in [0.2, 0.25) is 5.91 Å². The molecule has 5 nitrogen and oxygen atoms in total. The first kappa shape index (κ1) is 17.3. The van der Waals surface area contributed by atoms with Gasteiger partial charge in [-0.15, -0.1) is 0 Å². The second kappa shape index (κ2) is 8.56. The predicted octanol–water partition coefficient (Wildman–Crippen LogP) is 2.14. The summed E-state index contributed by atoms with van der Waals surface area (Å²) in [5.74, 6) is 0.883. The van der Waals surface area contributed by atoms with Crippen molar-refractivity contribution in [3.63, 3.8) is 0 Å². The molecule has 5 heteroatoms. The number of nitrogens with zero attached hydrogens (tertiary/aromatic N) is 1. The predicted molar refractivity (Wildman–Crippen MR) is 89.3 cm³/mol. The van der Waals surface area contributed by atoms with Crippen LogP contribution in [0.25, 0.3) is 0 Å². The van der Waals surface area contributed by atoms with Gasteiger partial charge in [-0.1, -0.05) is 25.1 Å². The van der Waals surface area contributed by atoms with E-state index in [1.165, 1.54) is 0 Å². The molecule has 0 radical (unpaired) electrons. The quantitative estimate of drug-likeness (QED) is 0.874. The zero-order valence-corrected chi connectivity index (χ0v) is 14.0. The normalized spacial score (nSPS) is 15.3. The Kier molecular flexibility index (Phi) is 6.44. The maximum Gasteiger partial charge on any atom is 0.260 e. The van der Waals surface area contributed by atoms with Crippen molar-refractivity contribution in [2.75, 3.05) is 26.2 Å². The third kappa shape index (κ3) is 4.98. The Morgan fingerprint density at radius 3 is 2.61 bits per heavy atom. The Labute approximate surface area is 138 Å². The highest BCUT2D eigenvalue weighted by molar-refractivity contribution is 5.80. The lowest BCUT2D eigenvalue weighted by atomic mass is 9.96. The molecule has 2 amide bonds. The van der Waals surface area contributed by atoms with Gasteiger partial charge in [0.25, 0.3) is 5.91 Å². The van der Waals surface area contributed by atoms with Crippen molar-refractivity contribution in [3.05, 3.63) is 29.8 Å². The van der Waals surface area contributed by atoms with Crippen molar-refractivity contribution in [1.29, 1.82) is 0 Å². The molecule has 1 fully saturated rings. The van der Waals surface area contributed by atoms with Crippen molar-refractivity contribution in [1.82, 2.24) is 10.2 Å². The van der Waals surface area contributed by atoms with Gasteiger partial charge in [-0.25, -0.2) is 0 Å². The van der Waals surface area contributed by atoms with Crippen LogP contribution < -0.4 is 10.1 Å². The molecule has 0 saturated carbocycles. The summed E-state index contributed by atoms with van der Waals surface area (Å²) < 4.78 is 5.61. The van der Waals surface area contributed by atoms with E-state index in [0.29, 0.717) is 13.1 Å². The number of nitrogens with one attached hydrogen (secondary N) is 1. The largest absolute Gasteiger partial charge is 0.484 e. The van der Waals surface area contributed by atoms with Crippen LogP contribution in [0, 0.1) is 12.8 Å². The minimum Gasteiger partial charge on any atom is -0.484 e. The number of likely N-dealkylation sites (tertiary alicyclic amines) is 1. The molecular formula is C18H26N2O3. The van der Waals surface area contributed by atoms with Crippen LogP contribution in [0.4, 0.5) is 0 Å². The highest BCUT2D eigenvalue weighted by Crippen LogP contribution is 2.19. The van der Waals surface area contributed by atoms with Gasteiger partial charge in [0.1, 0.15) is 5.75 Å². The lowest BCUT2D eigenvalue weighted by Gasteiger charge is -2.31. The molecular weight excluding hydrogens is 292 g/mol. The maximum atomic E-state index is 12.2. The van der Waals surface area contributed by atoms with Crippen LogP contribution in [-0.2, 0) is 9.59 Å². The number of hydrogen-bond donors (Lipinski definition) is 1. The molecule has 1 N–H and O–H groups in total. The van der Waals surface area contributed by atoms with Gasteiger partial charge < -0.3 is 15.0 Å². The Bertz CT molecular complexity index is 537. The van der Waals surface area contributed by atoms with Crippen LogP contribution >= 0.6 is 0 Å². The average molecular weight is 318 g/mol. The van der Waals surface area contributed by atoms with E-state index in [0.717, 1.165) is 37.1 Å². The number of rotatable bonds is 6. The molecule has 1 aromatic carbocycles. The summed E-state index contributed by atoms with van der Waals surface area (Å²) in [7, 11) is 0. The first-order valence-corrected chi connectivity index (χ1v) is 8.35. The number of aryl methyl sites for hydroxylation is 1. The number of hydrogen-bond acceptors (Lipinski definition) is 3. The molecule has 1 saturated heterocycles. The highest BCUT2D eigenvalue weighted by Gasteiger charge is 2.27. The zero-order chi connectivity index (χ0) is 16.7.